The van der Waals surface area contributed by atoms with E-state index in [2.05, 4.69) is 13.8 Å². The molecule has 0 saturated heterocycles. The van der Waals surface area contributed by atoms with Crippen LogP contribution in [-0.2, 0) is 6.42 Å². The van der Waals surface area contributed by atoms with Crippen molar-refractivity contribution in [3.63, 3.8) is 0 Å². The first kappa shape index (κ1) is 14.7. The Morgan fingerprint density at radius 2 is 1.75 bits per heavy atom. The van der Waals surface area contributed by atoms with Gasteiger partial charge in [-0.15, -0.1) is 0 Å². The van der Waals surface area contributed by atoms with Crippen molar-refractivity contribution in [2.45, 2.75) is 26.4 Å². The Morgan fingerprint density at radius 3 is 2.45 bits per heavy atom. The van der Waals surface area contributed by atoms with Crippen molar-refractivity contribution in [2.75, 3.05) is 0 Å². The average molecular weight is 276 g/mol. The molecule has 1 N–H and O–H groups in total. The second-order valence-corrected chi connectivity index (χ2v) is 5.39. The molecule has 0 aromatic heterocycles. The lowest BCUT2D eigenvalue weighted by atomic mass is 9.96. The van der Waals surface area contributed by atoms with E-state index >= 15 is 0 Å². The summed E-state index contributed by atoms with van der Waals surface area (Å²) < 4.78 is 26.9. The predicted molar refractivity (Wildman–Crippen MR) is 75.4 cm³/mol. The molecule has 0 radical (unpaired) electrons. The zero-order valence-corrected chi connectivity index (χ0v) is 11.6. The fourth-order valence-corrected chi connectivity index (χ4v) is 2.27. The summed E-state index contributed by atoms with van der Waals surface area (Å²) in [5.41, 5.74) is 1.62. The maximum atomic E-state index is 13.7. The second-order valence-electron chi connectivity index (χ2n) is 5.39. The molecule has 1 unspecified atom stereocenters. The number of rotatable bonds is 4. The van der Waals surface area contributed by atoms with Crippen LogP contribution >= 0.6 is 0 Å². The van der Waals surface area contributed by atoms with Gasteiger partial charge < -0.3 is 5.11 Å². The number of hydrogen-bond donors (Lipinski definition) is 1. The molecule has 0 heterocycles. The second kappa shape index (κ2) is 6.14. The van der Waals surface area contributed by atoms with E-state index in [-0.39, 0.29) is 5.56 Å². The SMILES string of the molecule is CC(C)Cc1cccc(C(O)c2cccc(F)c2F)c1. The van der Waals surface area contributed by atoms with E-state index < -0.39 is 17.7 Å². The summed E-state index contributed by atoms with van der Waals surface area (Å²) in [7, 11) is 0. The highest BCUT2D eigenvalue weighted by molar-refractivity contribution is 5.33. The molecule has 0 aliphatic carbocycles. The van der Waals surface area contributed by atoms with Gasteiger partial charge in [0.25, 0.3) is 0 Å². The van der Waals surface area contributed by atoms with Crippen molar-refractivity contribution in [2.24, 2.45) is 5.92 Å². The van der Waals surface area contributed by atoms with Gasteiger partial charge in [-0.1, -0.05) is 50.2 Å². The van der Waals surface area contributed by atoms with Gasteiger partial charge in [-0.25, -0.2) is 8.78 Å². The molecular weight excluding hydrogens is 258 g/mol. The third-order valence-corrected chi connectivity index (χ3v) is 3.19. The van der Waals surface area contributed by atoms with Gasteiger partial charge in [0, 0.05) is 5.56 Å². The topological polar surface area (TPSA) is 20.2 Å². The van der Waals surface area contributed by atoms with E-state index in [0.717, 1.165) is 18.1 Å². The number of aliphatic hydroxyl groups excluding tert-OH is 1. The van der Waals surface area contributed by atoms with E-state index in [1.165, 1.54) is 12.1 Å². The molecular formula is C17H18F2O. The Bertz CT molecular complexity index is 593. The minimum Gasteiger partial charge on any atom is -0.384 e. The lowest BCUT2D eigenvalue weighted by molar-refractivity contribution is 0.213. The van der Waals surface area contributed by atoms with Gasteiger partial charge in [0.15, 0.2) is 11.6 Å². The molecule has 1 nitrogen and oxygen atoms in total. The van der Waals surface area contributed by atoms with Crippen LogP contribution in [0.5, 0.6) is 0 Å². The van der Waals surface area contributed by atoms with Gasteiger partial charge >= 0.3 is 0 Å². The summed E-state index contributed by atoms with van der Waals surface area (Å²) in [5.74, 6) is -1.44. The molecule has 2 aromatic rings. The number of aliphatic hydroxyl groups is 1. The first-order chi connectivity index (χ1) is 9.49. The summed E-state index contributed by atoms with van der Waals surface area (Å²) in [4.78, 5) is 0. The third-order valence-electron chi connectivity index (χ3n) is 3.19. The molecule has 0 aliphatic rings. The highest BCUT2D eigenvalue weighted by Gasteiger charge is 2.17. The zero-order chi connectivity index (χ0) is 14.7. The van der Waals surface area contributed by atoms with Crippen molar-refractivity contribution < 1.29 is 13.9 Å². The van der Waals surface area contributed by atoms with Crippen LogP contribution in [0.15, 0.2) is 42.5 Å². The maximum absolute atomic E-state index is 13.7. The third kappa shape index (κ3) is 3.23. The molecule has 0 bridgehead atoms. The van der Waals surface area contributed by atoms with Crippen molar-refractivity contribution in [1.82, 2.24) is 0 Å². The Labute approximate surface area is 117 Å². The summed E-state index contributed by atoms with van der Waals surface area (Å²) in [6.45, 7) is 4.21. The minimum atomic E-state index is -1.15. The Kier molecular flexibility index (Phi) is 4.50. The van der Waals surface area contributed by atoms with Crippen molar-refractivity contribution in [3.05, 3.63) is 70.8 Å². The summed E-state index contributed by atoms with van der Waals surface area (Å²) in [6.07, 6.45) is -0.274. The molecule has 2 rings (SSSR count). The summed E-state index contributed by atoms with van der Waals surface area (Å²) in [6, 6.07) is 11.2. The highest BCUT2D eigenvalue weighted by Crippen LogP contribution is 2.26. The monoisotopic (exact) mass is 276 g/mol. The highest BCUT2D eigenvalue weighted by atomic mass is 19.2. The quantitative estimate of drug-likeness (QED) is 0.885. The standard InChI is InChI=1S/C17H18F2O/c1-11(2)9-12-5-3-6-13(10-12)17(20)14-7-4-8-15(18)16(14)19/h3-8,10-11,17,20H,9H2,1-2H3. The van der Waals surface area contributed by atoms with Gasteiger partial charge in [0.05, 0.1) is 0 Å². The van der Waals surface area contributed by atoms with E-state index in [9.17, 15) is 13.9 Å². The Hall–Kier alpha value is -1.74. The molecule has 0 saturated carbocycles. The fraction of sp³-hybridized carbons (Fsp3) is 0.294. The fourth-order valence-electron chi connectivity index (χ4n) is 2.27. The maximum Gasteiger partial charge on any atom is 0.164 e. The molecule has 106 valence electrons. The van der Waals surface area contributed by atoms with E-state index in [4.69, 9.17) is 0 Å². The molecule has 0 fully saturated rings. The van der Waals surface area contributed by atoms with E-state index in [0.29, 0.717) is 11.5 Å². The molecule has 3 heteroatoms. The molecule has 20 heavy (non-hydrogen) atoms. The first-order valence-electron chi connectivity index (χ1n) is 6.70. The number of halogens is 2. The summed E-state index contributed by atoms with van der Waals surface area (Å²) >= 11 is 0. The van der Waals surface area contributed by atoms with Crippen molar-refractivity contribution in [1.29, 1.82) is 0 Å². The zero-order valence-electron chi connectivity index (χ0n) is 11.6. The van der Waals surface area contributed by atoms with E-state index in [1.54, 1.807) is 6.07 Å². The van der Waals surface area contributed by atoms with Crippen LogP contribution in [-0.4, -0.2) is 5.11 Å². The number of hydrogen-bond acceptors (Lipinski definition) is 1. The van der Waals surface area contributed by atoms with Crippen molar-refractivity contribution >= 4 is 0 Å². The minimum absolute atomic E-state index is 0.0355. The largest absolute Gasteiger partial charge is 0.384 e. The van der Waals surface area contributed by atoms with Gasteiger partial charge in [-0.05, 0) is 29.5 Å². The lowest BCUT2D eigenvalue weighted by Crippen LogP contribution is -2.05. The molecule has 2 aromatic carbocycles. The first-order valence-corrected chi connectivity index (χ1v) is 6.70. The van der Waals surface area contributed by atoms with Crippen LogP contribution in [0.4, 0.5) is 8.78 Å². The van der Waals surface area contributed by atoms with Gasteiger partial charge in [0.1, 0.15) is 6.10 Å². The van der Waals surface area contributed by atoms with Crippen LogP contribution in [0.1, 0.15) is 36.6 Å². The predicted octanol–water partition coefficient (Wildman–Crippen LogP) is 4.25. The van der Waals surface area contributed by atoms with Gasteiger partial charge in [-0.2, -0.15) is 0 Å². The van der Waals surface area contributed by atoms with Crippen LogP contribution < -0.4 is 0 Å². The number of benzene rings is 2. The summed E-state index contributed by atoms with van der Waals surface area (Å²) in [5, 5.41) is 10.2. The van der Waals surface area contributed by atoms with E-state index in [1.807, 2.05) is 18.2 Å². The smallest absolute Gasteiger partial charge is 0.164 e. The van der Waals surface area contributed by atoms with Crippen LogP contribution in [0, 0.1) is 17.6 Å². The van der Waals surface area contributed by atoms with Crippen LogP contribution in [0.3, 0.4) is 0 Å². The molecule has 1 atom stereocenters. The van der Waals surface area contributed by atoms with Gasteiger partial charge in [-0.3, -0.25) is 0 Å². The Balaban J connectivity index is 2.33. The van der Waals surface area contributed by atoms with Crippen LogP contribution in [0.25, 0.3) is 0 Å². The van der Waals surface area contributed by atoms with Gasteiger partial charge in [0.2, 0.25) is 0 Å². The molecule has 0 amide bonds. The Morgan fingerprint density at radius 1 is 1.05 bits per heavy atom. The van der Waals surface area contributed by atoms with Crippen molar-refractivity contribution in [3.8, 4) is 0 Å². The van der Waals surface area contributed by atoms with Crippen LogP contribution in [0.2, 0.25) is 0 Å². The lowest BCUT2D eigenvalue weighted by Gasteiger charge is -2.14. The molecule has 0 aliphatic heterocycles. The molecule has 0 spiro atoms. The average Bonchev–Trinajstić information content (AvgIpc) is 2.41. The normalized spacial score (nSPS) is 12.7.